The SMILES string of the molecule is C/C(=N/Nc1nc(SCC(=O)Nc2cccc3c2C(=O)c2ccccc2C3=O)n[nH]1)c1ccccc1. The number of amides is 1. The predicted octanol–water partition coefficient (Wildman–Crippen LogP) is 4.15. The number of nitrogens with one attached hydrogen (secondary N) is 3. The molecule has 0 bridgehead atoms. The molecule has 1 aliphatic rings. The first-order valence-electron chi connectivity index (χ1n) is 11.0. The second-order valence-corrected chi connectivity index (χ2v) is 8.85. The van der Waals surface area contributed by atoms with Crippen molar-refractivity contribution < 1.29 is 14.4 Å². The maximum Gasteiger partial charge on any atom is 0.240 e. The lowest BCUT2D eigenvalue weighted by Gasteiger charge is -2.20. The van der Waals surface area contributed by atoms with Crippen LogP contribution >= 0.6 is 11.8 Å². The minimum Gasteiger partial charge on any atom is -0.325 e. The Morgan fingerprint density at radius 3 is 2.39 bits per heavy atom. The smallest absolute Gasteiger partial charge is 0.240 e. The Hall–Kier alpha value is -4.57. The number of nitrogens with zero attached hydrogens (tertiary/aromatic N) is 3. The molecule has 0 radical (unpaired) electrons. The molecule has 0 spiro atoms. The van der Waals surface area contributed by atoms with Crippen LogP contribution in [0.1, 0.15) is 44.3 Å². The van der Waals surface area contributed by atoms with Crippen molar-refractivity contribution in [3.05, 3.63) is 101 Å². The fourth-order valence-corrected chi connectivity index (χ4v) is 4.41. The fraction of sp³-hybridized carbons (Fsp3) is 0.0769. The van der Waals surface area contributed by atoms with E-state index in [2.05, 4.69) is 31.0 Å². The quantitative estimate of drug-likeness (QED) is 0.175. The van der Waals surface area contributed by atoms with E-state index in [4.69, 9.17) is 0 Å². The third kappa shape index (κ3) is 4.66. The van der Waals surface area contributed by atoms with Crippen LogP contribution in [0.5, 0.6) is 0 Å². The van der Waals surface area contributed by atoms with Crippen molar-refractivity contribution in [2.45, 2.75) is 12.1 Å². The monoisotopic (exact) mass is 496 g/mol. The highest BCUT2D eigenvalue weighted by atomic mass is 32.2. The summed E-state index contributed by atoms with van der Waals surface area (Å²) in [5, 5.41) is 14.2. The van der Waals surface area contributed by atoms with Gasteiger partial charge in [0.05, 0.1) is 22.7 Å². The second-order valence-electron chi connectivity index (χ2n) is 7.91. The van der Waals surface area contributed by atoms with Crippen LogP contribution in [-0.4, -0.2) is 44.1 Å². The zero-order valence-corrected chi connectivity index (χ0v) is 19.9. The maximum absolute atomic E-state index is 13.1. The van der Waals surface area contributed by atoms with Crippen LogP contribution in [0.3, 0.4) is 0 Å². The molecule has 0 saturated heterocycles. The first kappa shape index (κ1) is 23.2. The highest BCUT2D eigenvalue weighted by molar-refractivity contribution is 7.99. The number of H-pyrrole nitrogens is 1. The maximum atomic E-state index is 13.1. The molecule has 1 heterocycles. The van der Waals surface area contributed by atoms with Crippen molar-refractivity contribution in [1.29, 1.82) is 0 Å². The Morgan fingerprint density at radius 1 is 0.917 bits per heavy atom. The molecular weight excluding hydrogens is 476 g/mol. The number of aromatic nitrogens is 3. The summed E-state index contributed by atoms with van der Waals surface area (Å²) in [4.78, 5) is 42.9. The van der Waals surface area contributed by atoms with E-state index in [9.17, 15) is 14.4 Å². The molecular formula is C26H20N6O3S. The van der Waals surface area contributed by atoms with Crippen LogP contribution in [-0.2, 0) is 4.79 Å². The molecule has 178 valence electrons. The van der Waals surface area contributed by atoms with Gasteiger partial charge in [-0.3, -0.25) is 14.4 Å². The normalized spacial score (nSPS) is 12.6. The lowest BCUT2D eigenvalue weighted by atomic mass is 9.83. The standard InChI is InChI=1S/C26H20N6O3S/c1-15(16-8-3-2-4-9-16)29-30-25-28-26(32-31-25)36-14-21(33)27-20-13-7-12-19-22(20)24(35)18-11-6-5-10-17(18)23(19)34/h2-13H,14H2,1H3,(H,27,33)(H2,28,30,31,32)/b29-15-. The summed E-state index contributed by atoms with van der Waals surface area (Å²) in [6.45, 7) is 1.87. The number of ketones is 2. The van der Waals surface area contributed by atoms with Crippen molar-refractivity contribution >= 4 is 46.6 Å². The van der Waals surface area contributed by atoms with Crippen LogP contribution in [0.4, 0.5) is 11.6 Å². The van der Waals surface area contributed by atoms with E-state index in [0.29, 0.717) is 27.9 Å². The summed E-state index contributed by atoms with van der Waals surface area (Å²) in [6, 6.07) is 21.2. The van der Waals surface area contributed by atoms with E-state index < -0.39 is 0 Å². The van der Waals surface area contributed by atoms with Gasteiger partial charge in [-0.1, -0.05) is 78.5 Å². The van der Waals surface area contributed by atoms with Crippen molar-refractivity contribution in [2.75, 3.05) is 16.5 Å². The van der Waals surface area contributed by atoms with E-state index in [1.54, 1.807) is 42.5 Å². The van der Waals surface area contributed by atoms with Gasteiger partial charge in [0.15, 0.2) is 11.6 Å². The number of hydrogen-bond donors (Lipinski definition) is 3. The lowest BCUT2D eigenvalue weighted by molar-refractivity contribution is -0.113. The zero-order chi connectivity index (χ0) is 25.1. The summed E-state index contributed by atoms with van der Waals surface area (Å²) in [7, 11) is 0. The van der Waals surface area contributed by atoms with Crippen molar-refractivity contribution in [3.63, 3.8) is 0 Å². The van der Waals surface area contributed by atoms with Gasteiger partial charge >= 0.3 is 0 Å². The Kier molecular flexibility index (Phi) is 6.42. The van der Waals surface area contributed by atoms with Crippen LogP contribution in [0.2, 0.25) is 0 Å². The van der Waals surface area contributed by atoms with Gasteiger partial charge in [-0.15, -0.1) is 5.10 Å². The number of hydrazone groups is 1. The van der Waals surface area contributed by atoms with Crippen LogP contribution in [0.15, 0.2) is 83.1 Å². The topological polar surface area (TPSA) is 129 Å². The van der Waals surface area contributed by atoms with Gasteiger partial charge in [0.2, 0.25) is 17.0 Å². The number of carbonyl (C=O) groups excluding carboxylic acids is 3. The number of thioether (sulfide) groups is 1. The Morgan fingerprint density at radius 2 is 1.61 bits per heavy atom. The molecule has 0 atom stereocenters. The molecule has 36 heavy (non-hydrogen) atoms. The average molecular weight is 497 g/mol. The van der Waals surface area contributed by atoms with Crippen LogP contribution < -0.4 is 10.7 Å². The van der Waals surface area contributed by atoms with Crippen molar-refractivity contribution in [3.8, 4) is 0 Å². The average Bonchev–Trinajstić information content (AvgIpc) is 3.37. The third-order valence-corrected chi connectivity index (χ3v) is 6.39. The number of benzene rings is 3. The van der Waals surface area contributed by atoms with Gasteiger partial charge in [-0.25, -0.2) is 10.5 Å². The highest BCUT2D eigenvalue weighted by Gasteiger charge is 2.31. The number of aromatic amines is 1. The molecule has 1 amide bonds. The van der Waals surface area contributed by atoms with Gasteiger partial charge in [0.1, 0.15) is 0 Å². The molecule has 3 aromatic carbocycles. The Bertz CT molecular complexity index is 1510. The van der Waals surface area contributed by atoms with E-state index in [0.717, 1.165) is 23.0 Å². The van der Waals surface area contributed by atoms with E-state index in [1.165, 1.54) is 0 Å². The number of anilines is 2. The largest absolute Gasteiger partial charge is 0.325 e. The first-order valence-corrected chi connectivity index (χ1v) is 12.0. The minimum atomic E-state index is -0.357. The zero-order valence-electron chi connectivity index (χ0n) is 19.1. The van der Waals surface area contributed by atoms with E-state index >= 15 is 0 Å². The molecule has 3 N–H and O–H groups in total. The van der Waals surface area contributed by atoms with Gasteiger partial charge in [0, 0.05) is 16.7 Å². The first-order chi connectivity index (χ1) is 17.5. The lowest BCUT2D eigenvalue weighted by Crippen LogP contribution is -2.24. The van der Waals surface area contributed by atoms with Gasteiger partial charge in [-0.2, -0.15) is 10.1 Å². The highest BCUT2D eigenvalue weighted by Crippen LogP contribution is 2.32. The fourth-order valence-electron chi connectivity index (χ4n) is 3.81. The summed E-state index contributed by atoms with van der Waals surface area (Å²) >= 11 is 1.12. The second kappa shape index (κ2) is 9.96. The number of hydrogen-bond acceptors (Lipinski definition) is 8. The van der Waals surface area contributed by atoms with Gasteiger partial charge < -0.3 is 5.32 Å². The third-order valence-electron chi connectivity index (χ3n) is 5.54. The number of carbonyl (C=O) groups is 3. The van der Waals surface area contributed by atoms with Crippen LogP contribution in [0.25, 0.3) is 0 Å². The van der Waals surface area contributed by atoms with Gasteiger partial charge in [0.25, 0.3) is 0 Å². The molecule has 4 aromatic rings. The summed E-state index contributed by atoms with van der Waals surface area (Å²) in [6.07, 6.45) is 0. The molecule has 9 nitrogen and oxygen atoms in total. The molecule has 1 aliphatic carbocycles. The summed E-state index contributed by atoms with van der Waals surface area (Å²) in [5.41, 5.74) is 6.05. The molecule has 1 aromatic heterocycles. The predicted molar refractivity (Wildman–Crippen MR) is 138 cm³/mol. The number of fused-ring (bicyclic) bond motifs is 2. The molecule has 0 fully saturated rings. The molecule has 5 rings (SSSR count). The molecule has 0 aliphatic heterocycles. The minimum absolute atomic E-state index is 0.00595. The summed E-state index contributed by atoms with van der Waals surface area (Å²) < 4.78 is 0. The Labute approximate surface area is 210 Å². The van der Waals surface area contributed by atoms with E-state index in [1.807, 2.05) is 37.3 Å². The van der Waals surface area contributed by atoms with Gasteiger partial charge in [-0.05, 0) is 18.6 Å². The molecule has 0 unspecified atom stereocenters. The summed E-state index contributed by atoms with van der Waals surface area (Å²) in [5.74, 6) is -0.541. The molecule has 0 saturated carbocycles. The molecule has 10 heteroatoms. The van der Waals surface area contributed by atoms with Crippen LogP contribution in [0, 0.1) is 0 Å². The Balaban J connectivity index is 1.23. The van der Waals surface area contributed by atoms with E-state index in [-0.39, 0.29) is 34.4 Å². The number of rotatable bonds is 7. The van der Waals surface area contributed by atoms with Crippen molar-refractivity contribution in [2.24, 2.45) is 5.10 Å². The van der Waals surface area contributed by atoms with Crippen molar-refractivity contribution in [1.82, 2.24) is 15.2 Å².